The van der Waals surface area contributed by atoms with Crippen LogP contribution in [0.2, 0.25) is 0 Å². The summed E-state index contributed by atoms with van der Waals surface area (Å²) in [7, 11) is 0. The summed E-state index contributed by atoms with van der Waals surface area (Å²) >= 11 is 0. The monoisotopic (exact) mass is 205 g/mol. The highest BCUT2D eigenvalue weighted by Crippen LogP contribution is 2.23. The first-order valence-electron chi connectivity index (χ1n) is 5.29. The Bertz CT molecular complexity index is 387. The number of amides is 1. The predicted octanol–water partition coefficient (Wildman–Crippen LogP) is 1.69. The van der Waals surface area contributed by atoms with Crippen LogP contribution in [0.15, 0.2) is 18.2 Å². The third kappa shape index (κ3) is 1.96. The molecule has 0 radical (unpaired) electrons. The topological polar surface area (TPSA) is 40.5 Å². The number of benzene rings is 1. The van der Waals surface area contributed by atoms with Gasteiger partial charge in [0.25, 0.3) is 0 Å². The summed E-state index contributed by atoms with van der Waals surface area (Å²) in [5.74, 6) is 0.479. The van der Waals surface area contributed by atoms with Crippen molar-refractivity contribution in [2.24, 2.45) is 0 Å². The summed E-state index contributed by atoms with van der Waals surface area (Å²) in [6.45, 7) is 3.33. The second-order valence-corrected chi connectivity index (χ2v) is 3.86. The molecule has 0 aliphatic carbocycles. The Morgan fingerprint density at radius 3 is 2.87 bits per heavy atom. The van der Waals surface area contributed by atoms with Gasteiger partial charge in [-0.25, -0.2) is 0 Å². The van der Waals surface area contributed by atoms with E-state index in [0.29, 0.717) is 13.0 Å². The molecule has 1 aliphatic rings. The molecule has 0 fully saturated rings. The first kappa shape index (κ1) is 10.0. The second-order valence-electron chi connectivity index (χ2n) is 3.86. The molecule has 1 N–H and O–H groups in total. The molecule has 15 heavy (non-hydrogen) atoms. The van der Waals surface area contributed by atoms with E-state index in [1.54, 1.807) is 12.1 Å². The Morgan fingerprint density at radius 2 is 2.13 bits per heavy atom. The van der Waals surface area contributed by atoms with Gasteiger partial charge in [0.1, 0.15) is 5.75 Å². The SMILES string of the molecule is CCN1Cc2cc(O)ccc2CCC1=O. The van der Waals surface area contributed by atoms with Gasteiger partial charge in [-0.2, -0.15) is 0 Å². The molecule has 1 aliphatic heterocycles. The summed E-state index contributed by atoms with van der Waals surface area (Å²) in [5, 5.41) is 9.40. The van der Waals surface area contributed by atoms with Crippen LogP contribution in [0.1, 0.15) is 24.5 Å². The Hall–Kier alpha value is -1.51. The van der Waals surface area contributed by atoms with Crippen LogP contribution in [0.4, 0.5) is 0 Å². The van der Waals surface area contributed by atoms with Gasteiger partial charge in [-0.1, -0.05) is 6.07 Å². The highest BCUT2D eigenvalue weighted by atomic mass is 16.3. The molecule has 0 atom stereocenters. The number of aryl methyl sites for hydroxylation is 1. The Balaban J connectivity index is 2.34. The fourth-order valence-electron chi connectivity index (χ4n) is 1.99. The highest BCUT2D eigenvalue weighted by molar-refractivity contribution is 5.77. The van der Waals surface area contributed by atoms with E-state index in [1.807, 2.05) is 17.9 Å². The van der Waals surface area contributed by atoms with Gasteiger partial charge in [-0.15, -0.1) is 0 Å². The van der Waals surface area contributed by atoms with Gasteiger partial charge in [0.15, 0.2) is 0 Å². The van der Waals surface area contributed by atoms with Crippen LogP contribution < -0.4 is 0 Å². The smallest absolute Gasteiger partial charge is 0.223 e. The van der Waals surface area contributed by atoms with Crippen LogP contribution in [0.3, 0.4) is 0 Å². The number of phenols is 1. The molecule has 1 aromatic carbocycles. The molecule has 0 bridgehead atoms. The van der Waals surface area contributed by atoms with E-state index in [-0.39, 0.29) is 11.7 Å². The van der Waals surface area contributed by atoms with E-state index in [1.165, 1.54) is 5.56 Å². The van der Waals surface area contributed by atoms with Crippen LogP contribution in [0, 0.1) is 0 Å². The van der Waals surface area contributed by atoms with E-state index in [0.717, 1.165) is 18.5 Å². The first-order chi connectivity index (χ1) is 7.20. The first-order valence-corrected chi connectivity index (χ1v) is 5.29. The molecule has 80 valence electrons. The summed E-state index contributed by atoms with van der Waals surface area (Å²) in [4.78, 5) is 13.5. The van der Waals surface area contributed by atoms with Crippen molar-refractivity contribution >= 4 is 5.91 Å². The molecule has 2 rings (SSSR count). The van der Waals surface area contributed by atoms with Crippen molar-refractivity contribution in [3.63, 3.8) is 0 Å². The lowest BCUT2D eigenvalue weighted by Gasteiger charge is -2.18. The Morgan fingerprint density at radius 1 is 1.33 bits per heavy atom. The van der Waals surface area contributed by atoms with Crippen molar-refractivity contribution in [2.75, 3.05) is 6.54 Å². The summed E-state index contributed by atoms with van der Waals surface area (Å²) in [6.07, 6.45) is 1.36. The van der Waals surface area contributed by atoms with Gasteiger partial charge in [0.2, 0.25) is 5.91 Å². The average Bonchev–Trinajstić information content (AvgIpc) is 2.38. The molecule has 0 saturated carbocycles. The Labute approximate surface area is 89.3 Å². The quantitative estimate of drug-likeness (QED) is 0.757. The number of carbonyl (C=O) groups excluding carboxylic acids is 1. The van der Waals surface area contributed by atoms with Crippen molar-refractivity contribution in [3.8, 4) is 5.75 Å². The minimum absolute atomic E-state index is 0.202. The third-order valence-electron chi connectivity index (χ3n) is 2.89. The van der Waals surface area contributed by atoms with Crippen molar-refractivity contribution in [3.05, 3.63) is 29.3 Å². The molecule has 1 amide bonds. The van der Waals surface area contributed by atoms with E-state index in [2.05, 4.69) is 0 Å². The number of hydrogen-bond acceptors (Lipinski definition) is 2. The summed E-state index contributed by atoms with van der Waals surface area (Å²) in [6, 6.07) is 5.36. The maximum Gasteiger partial charge on any atom is 0.223 e. The van der Waals surface area contributed by atoms with Crippen LogP contribution in [0.5, 0.6) is 5.75 Å². The Kier molecular flexibility index (Phi) is 2.62. The largest absolute Gasteiger partial charge is 0.508 e. The fraction of sp³-hybridized carbons (Fsp3) is 0.417. The minimum atomic E-state index is 0.202. The lowest BCUT2D eigenvalue weighted by atomic mass is 10.0. The molecule has 3 heteroatoms. The minimum Gasteiger partial charge on any atom is -0.508 e. The maximum absolute atomic E-state index is 11.7. The zero-order chi connectivity index (χ0) is 10.8. The zero-order valence-corrected chi connectivity index (χ0v) is 8.86. The predicted molar refractivity (Wildman–Crippen MR) is 57.5 cm³/mol. The molecule has 1 heterocycles. The number of rotatable bonds is 1. The summed E-state index contributed by atoms with van der Waals surface area (Å²) in [5.41, 5.74) is 2.25. The molecular weight excluding hydrogens is 190 g/mol. The van der Waals surface area contributed by atoms with Crippen LogP contribution >= 0.6 is 0 Å². The fourth-order valence-corrected chi connectivity index (χ4v) is 1.99. The van der Waals surface area contributed by atoms with E-state index < -0.39 is 0 Å². The van der Waals surface area contributed by atoms with Crippen molar-refractivity contribution in [1.82, 2.24) is 4.90 Å². The van der Waals surface area contributed by atoms with Crippen LogP contribution in [-0.4, -0.2) is 22.5 Å². The van der Waals surface area contributed by atoms with E-state index in [4.69, 9.17) is 0 Å². The zero-order valence-electron chi connectivity index (χ0n) is 8.86. The number of fused-ring (bicyclic) bond motifs is 1. The lowest BCUT2D eigenvalue weighted by Crippen LogP contribution is -2.28. The molecule has 0 saturated heterocycles. The number of phenolic OH excluding ortho intramolecular Hbond substituents is 1. The highest BCUT2D eigenvalue weighted by Gasteiger charge is 2.18. The maximum atomic E-state index is 11.7. The van der Waals surface area contributed by atoms with E-state index in [9.17, 15) is 9.90 Å². The second kappa shape index (κ2) is 3.93. The molecule has 0 unspecified atom stereocenters. The van der Waals surface area contributed by atoms with Gasteiger partial charge in [-0.3, -0.25) is 4.79 Å². The van der Waals surface area contributed by atoms with Gasteiger partial charge in [0, 0.05) is 19.5 Å². The van der Waals surface area contributed by atoms with Crippen molar-refractivity contribution in [2.45, 2.75) is 26.3 Å². The average molecular weight is 205 g/mol. The van der Waals surface area contributed by atoms with Gasteiger partial charge < -0.3 is 10.0 Å². The lowest BCUT2D eigenvalue weighted by molar-refractivity contribution is -0.131. The molecule has 1 aromatic rings. The molecule has 3 nitrogen and oxygen atoms in total. The van der Waals surface area contributed by atoms with E-state index >= 15 is 0 Å². The van der Waals surface area contributed by atoms with Gasteiger partial charge in [0.05, 0.1) is 0 Å². The number of aromatic hydroxyl groups is 1. The number of carbonyl (C=O) groups is 1. The van der Waals surface area contributed by atoms with Crippen LogP contribution in [-0.2, 0) is 17.8 Å². The van der Waals surface area contributed by atoms with Gasteiger partial charge in [-0.05, 0) is 36.6 Å². The molecule has 0 aromatic heterocycles. The number of hydrogen-bond donors (Lipinski definition) is 1. The van der Waals surface area contributed by atoms with Crippen molar-refractivity contribution in [1.29, 1.82) is 0 Å². The molecular formula is C12H15NO2. The standard InChI is InChI=1S/C12H15NO2/c1-2-13-8-10-7-11(14)5-3-9(10)4-6-12(13)15/h3,5,7,14H,2,4,6,8H2,1H3. The molecule has 0 spiro atoms. The normalized spacial score (nSPS) is 16.1. The van der Waals surface area contributed by atoms with Gasteiger partial charge >= 0.3 is 0 Å². The van der Waals surface area contributed by atoms with Crippen molar-refractivity contribution < 1.29 is 9.90 Å². The van der Waals surface area contributed by atoms with Crippen LogP contribution in [0.25, 0.3) is 0 Å². The summed E-state index contributed by atoms with van der Waals surface area (Å²) < 4.78 is 0. The number of nitrogens with zero attached hydrogens (tertiary/aromatic N) is 1. The third-order valence-corrected chi connectivity index (χ3v) is 2.89.